The van der Waals surface area contributed by atoms with Crippen LogP contribution >= 0.6 is 0 Å². The number of nitrogens with zero attached hydrogens (tertiary/aromatic N) is 1. The van der Waals surface area contributed by atoms with Gasteiger partial charge in [-0.3, -0.25) is 9.89 Å². The lowest BCUT2D eigenvalue weighted by molar-refractivity contribution is -0.119. The minimum Gasteiger partial charge on any atom is -0.497 e. The van der Waals surface area contributed by atoms with E-state index in [-0.39, 0.29) is 11.8 Å². The molecule has 26 heavy (non-hydrogen) atoms. The number of carbonyl (C=O) groups is 1. The van der Waals surface area contributed by atoms with Crippen LogP contribution in [0, 0.1) is 5.92 Å². The van der Waals surface area contributed by atoms with E-state index in [1.165, 1.54) is 5.56 Å². The van der Waals surface area contributed by atoms with Gasteiger partial charge in [-0.25, -0.2) is 0 Å². The van der Waals surface area contributed by atoms with Crippen molar-refractivity contribution in [3.63, 3.8) is 0 Å². The van der Waals surface area contributed by atoms with Gasteiger partial charge in [0.25, 0.3) is 0 Å². The van der Waals surface area contributed by atoms with Crippen LogP contribution in [0.1, 0.15) is 56.0 Å². The molecule has 0 unspecified atom stereocenters. The zero-order chi connectivity index (χ0) is 18.4. The summed E-state index contributed by atoms with van der Waals surface area (Å²) in [6.07, 6.45) is 7.94. The van der Waals surface area contributed by atoms with Gasteiger partial charge in [0.2, 0.25) is 5.91 Å². The molecule has 0 bridgehead atoms. The Kier molecular flexibility index (Phi) is 6.31. The number of carbonyl (C=O) groups excluding carboxylic acids is 1. The molecule has 1 aliphatic rings. The average Bonchev–Trinajstić information content (AvgIpc) is 3.32. The van der Waals surface area contributed by atoms with E-state index in [0.29, 0.717) is 0 Å². The number of anilines is 1. The molecule has 3 rings (SSSR count). The third kappa shape index (κ3) is 4.45. The van der Waals surface area contributed by atoms with Crippen LogP contribution in [-0.4, -0.2) is 23.2 Å². The van der Waals surface area contributed by atoms with Crippen LogP contribution in [0.25, 0.3) is 0 Å². The Balaban J connectivity index is 1.69. The maximum atomic E-state index is 12.6. The van der Waals surface area contributed by atoms with Gasteiger partial charge < -0.3 is 10.1 Å². The van der Waals surface area contributed by atoms with Gasteiger partial charge in [0, 0.05) is 5.92 Å². The maximum Gasteiger partial charge on any atom is 0.227 e. The van der Waals surface area contributed by atoms with Gasteiger partial charge >= 0.3 is 0 Å². The highest BCUT2D eigenvalue weighted by molar-refractivity contribution is 5.93. The van der Waals surface area contributed by atoms with E-state index >= 15 is 0 Å². The Morgan fingerprint density at radius 1 is 1.19 bits per heavy atom. The summed E-state index contributed by atoms with van der Waals surface area (Å²) in [6, 6.07) is 8.11. The van der Waals surface area contributed by atoms with E-state index in [1.54, 1.807) is 7.11 Å². The first-order chi connectivity index (χ1) is 12.7. The lowest BCUT2D eigenvalue weighted by Gasteiger charge is -2.12. The van der Waals surface area contributed by atoms with Crippen LogP contribution in [0.3, 0.4) is 0 Å². The standard InChI is InChI=1S/C21H29N3O2/c1-3-6-18-20(22-21(25)16-7-4-5-8-16)19(24-23-18)14-11-15-9-12-17(26-2)13-10-15/h9-10,12-13,16H,3-8,11,14H2,1-2H3,(H,22,25)(H,23,24). The Labute approximate surface area is 155 Å². The first kappa shape index (κ1) is 18.5. The van der Waals surface area contributed by atoms with Crippen LogP contribution in [0.5, 0.6) is 5.75 Å². The van der Waals surface area contributed by atoms with Crippen molar-refractivity contribution in [3.8, 4) is 5.75 Å². The van der Waals surface area contributed by atoms with Crippen molar-refractivity contribution in [1.29, 1.82) is 0 Å². The summed E-state index contributed by atoms with van der Waals surface area (Å²) >= 11 is 0. The lowest BCUT2D eigenvalue weighted by Crippen LogP contribution is -2.21. The molecule has 1 aromatic carbocycles. The van der Waals surface area contributed by atoms with E-state index in [2.05, 4.69) is 34.6 Å². The number of hydrogen-bond acceptors (Lipinski definition) is 3. The number of benzene rings is 1. The molecule has 5 nitrogen and oxygen atoms in total. The number of amides is 1. The number of nitrogens with one attached hydrogen (secondary N) is 2. The molecule has 2 N–H and O–H groups in total. The quantitative estimate of drug-likeness (QED) is 0.742. The van der Waals surface area contributed by atoms with Crippen molar-refractivity contribution in [3.05, 3.63) is 41.2 Å². The molecule has 1 saturated carbocycles. The SMILES string of the molecule is CCCc1[nH]nc(CCc2ccc(OC)cc2)c1NC(=O)C1CCCC1. The third-order valence-corrected chi connectivity index (χ3v) is 5.20. The number of aryl methyl sites for hydroxylation is 3. The van der Waals surface area contributed by atoms with E-state index in [9.17, 15) is 4.79 Å². The van der Waals surface area contributed by atoms with Gasteiger partial charge in [-0.15, -0.1) is 0 Å². The van der Waals surface area contributed by atoms with Gasteiger partial charge in [-0.2, -0.15) is 5.10 Å². The number of aromatic nitrogens is 2. The molecule has 0 atom stereocenters. The van der Waals surface area contributed by atoms with E-state index in [0.717, 1.165) is 74.2 Å². The molecule has 2 aromatic rings. The van der Waals surface area contributed by atoms with E-state index in [4.69, 9.17) is 4.74 Å². The number of rotatable bonds is 8. The third-order valence-electron chi connectivity index (χ3n) is 5.20. The smallest absolute Gasteiger partial charge is 0.227 e. The molecule has 1 amide bonds. The first-order valence-corrected chi connectivity index (χ1v) is 9.71. The van der Waals surface area contributed by atoms with Crippen LogP contribution in [0.2, 0.25) is 0 Å². The second-order valence-corrected chi connectivity index (χ2v) is 7.09. The topological polar surface area (TPSA) is 67.0 Å². The van der Waals surface area contributed by atoms with Gasteiger partial charge in [0.05, 0.1) is 24.2 Å². The van der Waals surface area contributed by atoms with Crippen molar-refractivity contribution in [2.75, 3.05) is 12.4 Å². The fraction of sp³-hybridized carbons (Fsp3) is 0.524. The summed E-state index contributed by atoms with van der Waals surface area (Å²) in [5.74, 6) is 1.18. The maximum absolute atomic E-state index is 12.6. The van der Waals surface area contributed by atoms with Gasteiger partial charge in [0.1, 0.15) is 5.75 Å². The largest absolute Gasteiger partial charge is 0.497 e. The highest BCUT2D eigenvalue weighted by Crippen LogP contribution is 2.28. The molecular weight excluding hydrogens is 326 g/mol. The molecule has 1 heterocycles. The highest BCUT2D eigenvalue weighted by Gasteiger charge is 2.25. The zero-order valence-corrected chi connectivity index (χ0v) is 15.8. The Morgan fingerprint density at radius 2 is 1.92 bits per heavy atom. The van der Waals surface area contributed by atoms with Gasteiger partial charge in [-0.1, -0.05) is 38.3 Å². The zero-order valence-electron chi connectivity index (χ0n) is 15.8. The normalized spacial score (nSPS) is 14.5. The molecule has 0 aliphatic heterocycles. The molecule has 0 spiro atoms. The van der Waals surface area contributed by atoms with E-state index in [1.807, 2.05) is 12.1 Å². The van der Waals surface area contributed by atoms with Crippen molar-refractivity contribution < 1.29 is 9.53 Å². The number of aromatic amines is 1. The lowest BCUT2D eigenvalue weighted by atomic mass is 10.0. The summed E-state index contributed by atoms with van der Waals surface area (Å²) in [5.41, 5.74) is 4.15. The monoisotopic (exact) mass is 355 g/mol. The molecule has 0 saturated heterocycles. The predicted octanol–water partition coefficient (Wildman–Crippen LogP) is 4.28. The molecule has 1 aromatic heterocycles. The van der Waals surface area contributed by atoms with Crippen LogP contribution < -0.4 is 10.1 Å². The van der Waals surface area contributed by atoms with E-state index < -0.39 is 0 Å². The molecule has 140 valence electrons. The van der Waals surface area contributed by atoms with Crippen LogP contribution in [0.4, 0.5) is 5.69 Å². The average molecular weight is 355 g/mol. The summed E-state index contributed by atoms with van der Waals surface area (Å²) in [7, 11) is 1.67. The summed E-state index contributed by atoms with van der Waals surface area (Å²) in [5, 5.41) is 10.8. The fourth-order valence-electron chi connectivity index (χ4n) is 3.65. The second kappa shape index (κ2) is 8.88. The van der Waals surface area contributed by atoms with Gasteiger partial charge in [0.15, 0.2) is 0 Å². The Bertz CT molecular complexity index is 715. The van der Waals surface area contributed by atoms with Crippen LogP contribution in [-0.2, 0) is 24.1 Å². The molecular formula is C21H29N3O2. The first-order valence-electron chi connectivity index (χ1n) is 9.71. The van der Waals surface area contributed by atoms with Crippen LogP contribution in [0.15, 0.2) is 24.3 Å². The number of hydrogen-bond donors (Lipinski definition) is 2. The highest BCUT2D eigenvalue weighted by atomic mass is 16.5. The predicted molar refractivity (Wildman–Crippen MR) is 104 cm³/mol. The van der Waals surface area contributed by atoms with Crippen molar-refractivity contribution >= 4 is 11.6 Å². The van der Waals surface area contributed by atoms with Crippen molar-refractivity contribution in [1.82, 2.24) is 10.2 Å². The minimum absolute atomic E-state index is 0.159. The Morgan fingerprint density at radius 3 is 2.58 bits per heavy atom. The molecule has 0 radical (unpaired) electrons. The fourth-order valence-corrected chi connectivity index (χ4v) is 3.65. The molecule has 1 aliphatic carbocycles. The second-order valence-electron chi connectivity index (χ2n) is 7.09. The number of ether oxygens (including phenoxy) is 1. The van der Waals surface area contributed by atoms with Crippen molar-refractivity contribution in [2.45, 2.75) is 58.3 Å². The molecule has 5 heteroatoms. The summed E-state index contributed by atoms with van der Waals surface area (Å²) < 4.78 is 5.21. The number of H-pyrrole nitrogens is 1. The Hall–Kier alpha value is -2.30. The van der Waals surface area contributed by atoms with Gasteiger partial charge in [-0.05, 0) is 49.8 Å². The van der Waals surface area contributed by atoms with Crippen molar-refractivity contribution in [2.24, 2.45) is 5.92 Å². The summed E-state index contributed by atoms with van der Waals surface area (Å²) in [6.45, 7) is 2.14. The molecule has 1 fully saturated rings. The number of methoxy groups -OCH3 is 1. The minimum atomic E-state index is 0.159. The summed E-state index contributed by atoms with van der Waals surface area (Å²) in [4.78, 5) is 12.6.